The topological polar surface area (TPSA) is 84.2 Å². The number of aromatic carboxylic acids is 1. The fourth-order valence-electron chi connectivity index (χ4n) is 1.55. The smallest absolute Gasteiger partial charge is 0.356 e. The van der Waals surface area contributed by atoms with Crippen LogP contribution in [0.25, 0.3) is 0 Å². The predicted molar refractivity (Wildman–Crippen MR) is 64.5 cm³/mol. The molecule has 2 rings (SSSR count). The molecule has 0 spiro atoms. The van der Waals surface area contributed by atoms with E-state index in [-0.39, 0.29) is 17.1 Å². The van der Waals surface area contributed by atoms with E-state index in [1.807, 2.05) is 0 Å². The number of nitrogens with one attached hydrogen (secondary N) is 1. The lowest BCUT2D eigenvalue weighted by atomic mass is 10.3. The molecule has 0 unspecified atom stereocenters. The van der Waals surface area contributed by atoms with Crippen LogP contribution in [-0.2, 0) is 7.05 Å². The van der Waals surface area contributed by atoms with Gasteiger partial charge in [0, 0.05) is 18.8 Å². The standard InChI is InChI=1S/C12H10FN3O3/c1-16-10(6-9(15-16)12(18)19)11(17)14-8-4-2-3-7(13)5-8/h2-6H,1H3,(H,14,17)(H,18,19). The highest BCUT2D eigenvalue weighted by atomic mass is 19.1. The Labute approximate surface area is 107 Å². The zero-order chi connectivity index (χ0) is 14.0. The number of rotatable bonds is 3. The first kappa shape index (κ1) is 12.7. The third-order valence-electron chi connectivity index (χ3n) is 2.41. The van der Waals surface area contributed by atoms with E-state index in [1.54, 1.807) is 0 Å². The van der Waals surface area contributed by atoms with Crippen LogP contribution in [0.4, 0.5) is 10.1 Å². The Morgan fingerprint density at radius 2 is 2.11 bits per heavy atom. The number of nitrogens with zero attached hydrogens (tertiary/aromatic N) is 2. The van der Waals surface area contributed by atoms with Crippen molar-refractivity contribution in [1.29, 1.82) is 0 Å². The maximum Gasteiger partial charge on any atom is 0.356 e. The van der Waals surface area contributed by atoms with E-state index in [4.69, 9.17) is 5.11 Å². The van der Waals surface area contributed by atoms with Crippen molar-refractivity contribution >= 4 is 17.6 Å². The van der Waals surface area contributed by atoms with Crippen LogP contribution in [0.15, 0.2) is 30.3 Å². The normalized spacial score (nSPS) is 10.2. The van der Waals surface area contributed by atoms with Gasteiger partial charge in [0.15, 0.2) is 5.69 Å². The van der Waals surface area contributed by atoms with Crippen LogP contribution in [0.1, 0.15) is 21.0 Å². The molecule has 1 heterocycles. The Kier molecular flexibility index (Phi) is 3.28. The third kappa shape index (κ3) is 2.76. The molecule has 1 aromatic carbocycles. The van der Waals surface area contributed by atoms with E-state index in [2.05, 4.69) is 10.4 Å². The van der Waals surface area contributed by atoms with Gasteiger partial charge in [0.2, 0.25) is 0 Å². The summed E-state index contributed by atoms with van der Waals surface area (Å²) in [5.74, 6) is -2.26. The first-order chi connectivity index (χ1) is 8.97. The van der Waals surface area contributed by atoms with Crippen molar-refractivity contribution < 1.29 is 19.1 Å². The molecule has 0 bridgehead atoms. The molecule has 1 amide bonds. The summed E-state index contributed by atoms with van der Waals surface area (Å²) in [4.78, 5) is 22.6. The molecular formula is C12H10FN3O3. The predicted octanol–water partition coefficient (Wildman–Crippen LogP) is 1.51. The summed E-state index contributed by atoms with van der Waals surface area (Å²) in [6, 6.07) is 6.54. The van der Waals surface area contributed by atoms with Crippen LogP contribution in [0, 0.1) is 5.82 Å². The first-order valence-corrected chi connectivity index (χ1v) is 5.31. The molecule has 6 nitrogen and oxygen atoms in total. The minimum atomic E-state index is -1.22. The Bertz CT molecular complexity index is 651. The summed E-state index contributed by atoms with van der Waals surface area (Å²) in [6.07, 6.45) is 0. The number of halogens is 1. The molecule has 0 atom stereocenters. The van der Waals surface area contributed by atoms with E-state index in [0.717, 1.165) is 16.8 Å². The van der Waals surface area contributed by atoms with Gasteiger partial charge in [-0.1, -0.05) is 6.07 Å². The number of anilines is 1. The van der Waals surface area contributed by atoms with Crippen LogP contribution in [-0.4, -0.2) is 26.8 Å². The molecule has 7 heteroatoms. The lowest BCUT2D eigenvalue weighted by Gasteiger charge is -2.04. The number of hydrogen-bond donors (Lipinski definition) is 2. The van der Waals surface area contributed by atoms with Gasteiger partial charge in [-0.2, -0.15) is 5.10 Å². The summed E-state index contributed by atoms with van der Waals surface area (Å²) in [7, 11) is 1.45. The molecule has 0 saturated carbocycles. The molecular weight excluding hydrogens is 253 g/mol. The van der Waals surface area contributed by atoms with Gasteiger partial charge in [-0.15, -0.1) is 0 Å². The minimum absolute atomic E-state index is 0.0710. The Hall–Kier alpha value is -2.70. The van der Waals surface area contributed by atoms with Crippen molar-refractivity contribution in [2.45, 2.75) is 0 Å². The Morgan fingerprint density at radius 1 is 1.37 bits per heavy atom. The summed E-state index contributed by atoms with van der Waals surface area (Å²) in [5, 5.41) is 14.9. The lowest BCUT2D eigenvalue weighted by Crippen LogP contribution is -2.16. The van der Waals surface area contributed by atoms with Crippen LogP contribution < -0.4 is 5.32 Å². The molecule has 0 saturated heterocycles. The van der Waals surface area contributed by atoms with Gasteiger partial charge >= 0.3 is 5.97 Å². The first-order valence-electron chi connectivity index (χ1n) is 5.31. The number of hydrogen-bond acceptors (Lipinski definition) is 3. The zero-order valence-corrected chi connectivity index (χ0v) is 9.92. The summed E-state index contributed by atoms with van der Waals surface area (Å²) in [5.41, 5.74) is 0.122. The lowest BCUT2D eigenvalue weighted by molar-refractivity contribution is 0.0689. The van der Waals surface area contributed by atoms with Crippen LogP contribution in [0.2, 0.25) is 0 Å². The monoisotopic (exact) mass is 263 g/mol. The quantitative estimate of drug-likeness (QED) is 0.879. The highest BCUT2D eigenvalue weighted by Gasteiger charge is 2.17. The second-order valence-corrected chi connectivity index (χ2v) is 3.81. The molecule has 0 aliphatic heterocycles. The second-order valence-electron chi connectivity index (χ2n) is 3.81. The van der Waals surface area contributed by atoms with Crippen LogP contribution in [0.5, 0.6) is 0 Å². The second kappa shape index (κ2) is 4.89. The number of carbonyl (C=O) groups excluding carboxylic acids is 1. The number of carbonyl (C=O) groups is 2. The van der Waals surface area contributed by atoms with E-state index >= 15 is 0 Å². The third-order valence-corrected chi connectivity index (χ3v) is 2.41. The van der Waals surface area contributed by atoms with Crippen molar-refractivity contribution in [1.82, 2.24) is 9.78 Å². The highest BCUT2D eigenvalue weighted by Crippen LogP contribution is 2.11. The molecule has 0 fully saturated rings. The van der Waals surface area contributed by atoms with Crippen molar-refractivity contribution in [3.8, 4) is 0 Å². The number of carboxylic acid groups (broad SMARTS) is 1. The number of carboxylic acids is 1. The average Bonchev–Trinajstić information content (AvgIpc) is 2.71. The summed E-state index contributed by atoms with van der Waals surface area (Å²) >= 11 is 0. The molecule has 0 radical (unpaired) electrons. The number of amides is 1. The molecule has 0 aliphatic carbocycles. The number of aromatic nitrogens is 2. The Morgan fingerprint density at radius 3 is 2.68 bits per heavy atom. The maximum atomic E-state index is 13.0. The molecule has 2 N–H and O–H groups in total. The van der Waals surface area contributed by atoms with Crippen molar-refractivity contribution in [3.05, 3.63) is 47.5 Å². The van der Waals surface area contributed by atoms with Gasteiger partial charge in [-0.3, -0.25) is 9.48 Å². The maximum absolute atomic E-state index is 13.0. The molecule has 0 aliphatic rings. The number of aryl methyl sites for hydroxylation is 1. The fraction of sp³-hybridized carbons (Fsp3) is 0.0833. The molecule has 2 aromatic rings. The van der Waals surface area contributed by atoms with E-state index in [9.17, 15) is 14.0 Å². The van der Waals surface area contributed by atoms with Crippen molar-refractivity contribution in [3.63, 3.8) is 0 Å². The SMILES string of the molecule is Cn1nc(C(=O)O)cc1C(=O)Nc1cccc(F)c1. The van der Waals surface area contributed by atoms with Crippen molar-refractivity contribution in [2.24, 2.45) is 7.05 Å². The zero-order valence-electron chi connectivity index (χ0n) is 9.92. The number of benzene rings is 1. The highest BCUT2D eigenvalue weighted by molar-refractivity contribution is 6.04. The van der Waals surface area contributed by atoms with Crippen molar-refractivity contribution in [2.75, 3.05) is 5.32 Å². The van der Waals surface area contributed by atoms with Gasteiger partial charge in [-0.25, -0.2) is 9.18 Å². The van der Waals surface area contributed by atoms with Gasteiger partial charge < -0.3 is 10.4 Å². The van der Waals surface area contributed by atoms with E-state index in [0.29, 0.717) is 0 Å². The molecule has 19 heavy (non-hydrogen) atoms. The fourth-order valence-corrected chi connectivity index (χ4v) is 1.55. The Balaban J connectivity index is 2.23. The van der Waals surface area contributed by atoms with Gasteiger partial charge in [-0.05, 0) is 18.2 Å². The molecule has 98 valence electrons. The summed E-state index contributed by atoms with van der Waals surface area (Å²) < 4.78 is 14.1. The van der Waals surface area contributed by atoms with Gasteiger partial charge in [0.05, 0.1) is 0 Å². The van der Waals surface area contributed by atoms with E-state index < -0.39 is 17.7 Å². The largest absolute Gasteiger partial charge is 0.476 e. The van der Waals surface area contributed by atoms with Gasteiger partial charge in [0.25, 0.3) is 5.91 Å². The van der Waals surface area contributed by atoms with Crippen LogP contribution >= 0.6 is 0 Å². The summed E-state index contributed by atoms with van der Waals surface area (Å²) in [6.45, 7) is 0. The van der Waals surface area contributed by atoms with E-state index in [1.165, 1.54) is 25.2 Å². The van der Waals surface area contributed by atoms with Gasteiger partial charge in [0.1, 0.15) is 11.5 Å². The average molecular weight is 263 g/mol. The van der Waals surface area contributed by atoms with Crippen LogP contribution in [0.3, 0.4) is 0 Å². The minimum Gasteiger partial charge on any atom is -0.476 e. The molecule has 1 aromatic heterocycles.